The summed E-state index contributed by atoms with van der Waals surface area (Å²) in [5.41, 5.74) is 0. The smallest absolute Gasteiger partial charge is 1.00 e. The minimum absolute atomic E-state index is 0. The van der Waals surface area contributed by atoms with Crippen LogP contribution < -0.4 is 16.0 Å². The third kappa shape index (κ3) is 6.14. The first kappa shape index (κ1) is 16.3. The Morgan fingerprint density at radius 1 is 0.875 bits per heavy atom. The van der Waals surface area contributed by atoms with Crippen molar-refractivity contribution >= 4 is 23.3 Å². The number of unbranched alkanes of at least 4 members (excludes halogenated alkanes) is 2. The van der Waals surface area contributed by atoms with Gasteiger partial charge in [-0.1, -0.05) is 0 Å². The van der Waals surface area contributed by atoms with E-state index in [0.29, 0.717) is 0 Å². The van der Waals surface area contributed by atoms with E-state index in [0.717, 1.165) is 0 Å². The zero-order valence-corrected chi connectivity index (χ0v) is 14.1. The van der Waals surface area contributed by atoms with Crippen LogP contribution in [-0.2, 0) is 0 Å². The maximum atomic E-state index is 2.38. The molecule has 0 aliphatic carbocycles. The summed E-state index contributed by atoms with van der Waals surface area (Å²) in [5, 5.41) is 0. The van der Waals surface area contributed by atoms with Crippen LogP contribution in [0.4, 0.5) is 0 Å². The Labute approximate surface area is 114 Å². The first-order valence-electron chi connectivity index (χ1n) is 6.28. The Morgan fingerprint density at radius 3 is 1.81 bits per heavy atom. The molecule has 0 fully saturated rings. The molecule has 0 aliphatic heterocycles. The fourth-order valence-corrected chi connectivity index (χ4v) is 10.6. The van der Waals surface area contributed by atoms with E-state index in [2.05, 4.69) is 44.2 Å². The van der Waals surface area contributed by atoms with Crippen LogP contribution in [-0.4, -0.2) is 19.8 Å². The molecule has 0 unspecified atom stereocenters. The van der Waals surface area contributed by atoms with Gasteiger partial charge in [0.2, 0.25) is 0 Å². The van der Waals surface area contributed by atoms with Crippen molar-refractivity contribution in [2.45, 2.75) is 48.4 Å². The fraction of sp³-hybridized carbons (Fsp3) is 0.571. The Morgan fingerprint density at radius 2 is 1.38 bits per heavy atom. The molecule has 90 valence electrons. The molecule has 0 radical (unpaired) electrons. The van der Waals surface area contributed by atoms with Crippen LogP contribution in [0.1, 0.15) is 39.5 Å². The van der Waals surface area contributed by atoms with Crippen molar-refractivity contribution in [3.05, 3.63) is 30.3 Å². The van der Waals surface area contributed by atoms with Crippen LogP contribution in [0.3, 0.4) is 0 Å². The number of hydrogen-bond acceptors (Lipinski definition) is 0. The summed E-state index contributed by atoms with van der Waals surface area (Å²) < 4.78 is 4.85. The van der Waals surface area contributed by atoms with E-state index in [9.17, 15) is 0 Å². The van der Waals surface area contributed by atoms with Crippen molar-refractivity contribution in [3.63, 3.8) is 0 Å². The second kappa shape index (κ2) is 10.5. The van der Waals surface area contributed by atoms with Crippen molar-refractivity contribution < 1.29 is 12.4 Å². The van der Waals surface area contributed by atoms with Gasteiger partial charge in [0.05, 0.1) is 0 Å². The summed E-state index contributed by atoms with van der Waals surface area (Å²) in [6, 6.07) is 11.3. The van der Waals surface area contributed by atoms with Crippen LogP contribution in [0.15, 0.2) is 30.3 Å². The molecule has 0 aromatic heterocycles. The molecule has 0 heterocycles. The van der Waals surface area contributed by atoms with Gasteiger partial charge < -0.3 is 12.4 Å². The Balaban J connectivity index is 0.00000225. The van der Waals surface area contributed by atoms with Gasteiger partial charge in [0, 0.05) is 0 Å². The molecule has 0 aliphatic rings. The Kier molecular flexibility index (Phi) is 10.7. The van der Waals surface area contributed by atoms with Gasteiger partial charge in [-0.25, -0.2) is 0 Å². The van der Waals surface area contributed by atoms with Crippen LogP contribution in [0.2, 0.25) is 8.87 Å². The predicted octanol–water partition coefficient (Wildman–Crippen LogP) is 0.993. The van der Waals surface area contributed by atoms with Gasteiger partial charge in [-0.2, -0.15) is 0 Å². The largest absolute Gasteiger partial charge is 1.00 e. The summed E-state index contributed by atoms with van der Waals surface area (Å²) in [4.78, 5) is 0. The summed E-state index contributed by atoms with van der Waals surface area (Å²) in [5.74, 6) is 0. The van der Waals surface area contributed by atoms with Crippen LogP contribution >= 0.6 is 0 Å². The monoisotopic (exact) mass is 346 g/mol. The maximum Gasteiger partial charge on any atom is -1.00 e. The molecule has 16 heavy (non-hydrogen) atoms. The molecule has 2 heteroatoms. The summed E-state index contributed by atoms with van der Waals surface area (Å²) in [6.07, 6.45) is 5.63. The first-order valence-corrected chi connectivity index (χ1v) is 11.7. The van der Waals surface area contributed by atoms with Crippen molar-refractivity contribution in [2.75, 3.05) is 0 Å². The molecule has 0 nitrogen and oxygen atoms in total. The zero-order valence-electron chi connectivity index (χ0n) is 10.5. The van der Waals surface area contributed by atoms with E-state index in [-0.39, 0.29) is 12.4 Å². The SMILES string of the molecule is CCC[CH2][Sn+]([CH2]CCC)[c]1ccccc1.[Cl-]. The van der Waals surface area contributed by atoms with Crippen LogP contribution in [0.5, 0.6) is 0 Å². The van der Waals surface area contributed by atoms with Crippen LogP contribution in [0.25, 0.3) is 0 Å². The molecule has 0 N–H and O–H groups in total. The molecular weight excluding hydrogens is 322 g/mol. The quantitative estimate of drug-likeness (QED) is 0.647. The van der Waals surface area contributed by atoms with E-state index in [1.807, 2.05) is 0 Å². The second-order valence-corrected chi connectivity index (χ2v) is 12.1. The van der Waals surface area contributed by atoms with Crippen molar-refractivity contribution in [3.8, 4) is 0 Å². The normalized spacial score (nSPS) is 9.62. The number of rotatable bonds is 7. The van der Waals surface area contributed by atoms with E-state index in [4.69, 9.17) is 0 Å². The molecular formula is C14H23ClSn. The molecule has 0 bridgehead atoms. The van der Waals surface area contributed by atoms with Gasteiger partial charge in [-0.15, -0.1) is 0 Å². The van der Waals surface area contributed by atoms with Gasteiger partial charge in [0.25, 0.3) is 0 Å². The topological polar surface area (TPSA) is 0 Å². The summed E-state index contributed by atoms with van der Waals surface area (Å²) >= 11 is -1.22. The second-order valence-electron chi connectivity index (χ2n) is 4.18. The predicted molar refractivity (Wildman–Crippen MR) is 71.3 cm³/mol. The maximum absolute atomic E-state index is 2.38. The van der Waals surface area contributed by atoms with Crippen molar-refractivity contribution in [1.29, 1.82) is 0 Å². The minimum Gasteiger partial charge on any atom is -1.00 e. The molecule has 1 aromatic carbocycles. The van der Waals surface area contributed by atoms with Crippen molar-refractivity contribution in [2.24, 2.45) is 0 Å². The average molecular weight is 346 g/mol. The van der Waals surface area contributed by atoms with Gasteiger partial charge in [-0.3, -0.25) is 0 Å². The Bertz CT molecular complexity index is 240. The van der Waals surface area contributed by atoms with E-state index in [1.165, 1.54) is 25.7 Å². The van der Waals surface area contributed by atoms with Gasteiger partial charge in [0.15, 0.2) is 0 Å². The summed E-state index contributed by atoms with van der Waals surface area (Å²) in [7, 11) is 0. The number of benzene rings is 1. The first-order chi connectivity index (χ1) is 7.38. The molecule has 0 amide bonds. The number of hydrogen-bond donors (Lipinski definition) is 0. The molecule has 1 rings (SSSR count). The summed E-state index contributed by atoms with van der Waals surface area (Å²) in [6.45, 7) is 4.62. The number of halogens is 1. The zero-order chi connectivity index (χ0) is 10.9. The minimum atomic E-state index is -1.22. The van der Waals surface area contributed by atoms with Gasteiger partial charge >= 0.3 is 102 Å². The van der Waals surface area contributed by atoms with Crippen LogP contribution in [0, 0.1) is 0 Å². The van der Waals surface area contributed by atoms with Gasteiger partial charge in [0.1, 0.15) is 0 Å². The van der Waals surface area contributed by atoms with Crippen molar-refractivity contribution in [1.82, 2.24) is 0 Å². The fourth-order valence-electron chi connectivity index (χ4n) is 1.87. The molecule has 1 aromatic rings. The molecule has 0 atom stereocenters. The van der Waals surface area contributed by atoms with E-state index in [1.54, 1.807) is 12.5 Å². The molecule has 0 saturated carbocycles. The van der Waals surface area contributed by atoms with E-state index >= 15 is 0 Å². The molecule has 0 spiro atoms. The Hall–Kier alpha value is 0.309. The average Bonchev–Trinajstić information content (AvgIpc) is 2.30. The van der Waals surface area contributed by atoms with E-state index < -0.39 is 19.8 Å². The molecule has 0 saturated heterocycles. The standard InChI is InChI=1S/C6H5.2C4H9.ClH.Sn/c1-2-4-6-5-3-1;2*1-3-4-2;;/h1-5H;2*1,3-4H2,2H3;1H;/q;;;;+1/p-1. The third-order valence-corrected chi connectivity index (χ3v) is 11.6. The van der Waals surface area contributed by atoms with Gasteiger partial charge in [-0.05, 0) is 0 Å². The third-order valence-electron chi connectivity index (χ3n) is 2.85.